The van der Waals surface area contributed by atoms with Gasteiger partial charge < -0.3 is 4.74 Å². The van der Waals surface area contributed by atoms with Gasteiger partial charge in [-0.2, -0.15) is 0 Å². The van der Waals surface area contributed by atoms with Gasteiger partial charge in [0.25, 0.3) is 0 Å². The van der Waals surface area contributed by atoms with E-state index >= 15 is 0 Å². The molecule has 96 valence electrons. The Hall–Kier alpha value is -1.31. The van der Waals surface area contributed by atoms with Crippen LogP contribution in [0.25, 0.3) is 0 Å². The highest BCUT2D eigenvalue weighted by Crippen LogP contribution is 2.07. The number of hydrogen-bond acceptors (Lipinski definition) is 2. The van der Waals surface area contributed by atoms with Crippen LogP contribution < -0.4 is 0 Å². The number of ether oxygens (including phenoxy) is 1. The third kappa shape index (κ3) is 12.6. The summed E-state index contributed by atoms with van der Waals surface area (Å²) in [6.07, 6.45) is 13.4. The topological polar surface area (TPSA) is 26.3 Å². The van der Waals surface area contributed by atoms with Crippen LogP contribution in [0, 0.1) is 0 Å². The lowest BCUT2D eigenvalue weighted by Crippen LogP contribution is -2.22. The number of carbonyl (C=O) groups excluding carboxylic acids is 1. The van der Waals surface area contributed by atoms with Gasteiger partial charge in [-0.1, -0.05) is 24.3 Å². The van der Waals surface area contributed by atoms with Gasteiger partial charge in [-0.3, -0.25) is 0 Å². The first-order chi connectivity index (χ1) is 7.95. The van der Waals surface area contributed by atoms with E-state index in [-0.39, 0.29) is 5.97 Å². The number of allylic oxidation sites excluding steroid dienone is 4. The molecule has 0 aliphatic carbocycles. The average Bonchev–Trinajstić information content (AvgIpc) is 2.19. The van der Waals surface area contributed by atoms with Crippen LogP contribution in [-0.2, 0) is 9.53 Å². The molecule has 0 unspecified atom stereocenters. The molecule has 0 spiro atoms. The molecule has 0 N–H and O–H groups in total. The molecule has 0 aliphatic heterocycles. The highest BCUT2D eigenvalue weighted by molar-refractivity contribution is 5.82. The predicted octanol–water partition coefficient (Wildman–Crippen LogP) is 4.19. The third-order valence-corrected chi connectivity index (χ3v) is 1.88. The summed E-state index contributed by atoms with van der Waals surface area (Å²) in [5, 5.41) is 0. The Morgan fingerprint density at radius 2 is 1.88 bits per heavy atom. The number of rotatable bonds is 7. The summed E-state index contributed by atoms with van der Waals surface area (Å²) in [4.78, 5) is 11.3. The fourth-order valence-electron chi connectivity index (χ4n) is 1.17. The highest BCUT2D eigenvalue weighted by Gasteiger charge is 2.13. The summed E-state index contributed by atoms with van der Waals surface area (Å²) < 4.78 is 5.14. The molecule has 17 heavy (non-hydrogen) atoms. The Labute approximate surface area is 105 Å². The lowest BCUT2D eigenvalue weighted by atomic mass is 10.2. The van der Waals surface area contributed by atoms with Crippen LogP contribution in [0.5, 0.6) is 0 Å². The minimum atomic E-state index is -0.415. The van der Waals surface area contributed by atoms with Crippen LogP contribution >= 0.6 is 0 Å². The molecule has 0 bridgehead atoms. The van der Waals surface area contributed by atoms with Crippen molar-refractivity contribution in [2.24, 2.45) is 0 Å². The fraction of sp³-hybridized carbons (Fsp3) is 0.533. The molecule has 0 aromatic heterocycles. The normalized spacial score (nSPS) is 12.2. The molecule has 0 aliphatic rings. The van der Waals surface area contributed by atoms with E-state index in [1.165, 1.54) is 6.08 Å². The largest absolute Gasteiger partial charge is 0.457 e. The molecule has 0 heterocycles. The molecule has 0 saturated heterocycles. The SMILES string of the molecule is C=CCCCC=CCC=CC(=O)OC(C)(C)C. The molecular formula is C15H24O2. The summed E-state index contributed by atoms with van der Waals surface area (Å²) in [7, 11) is 0. The molecule has 0 fully saturated rings. The van der Waals surface area contributed by atoms with E-state index in [9.17, 15) is 4.79 Å². The van der Waals surface area contributed by atoms with Crippen molar-refractivity contribution in [3.63, 3.8) is 0 Å². The van der Waals surface area contributed by atoms with Crippen molar-refractivity contribution >= 4 is 5.97 Å². The Morgan fingerprint density at radius 1 is 1.18 bits per heavy atom. The van der Waals surface area contributed by atoms with Crippen molar-refractivity contribution in [3.05, 3.63) is 37.0 Å². The first kappa shape index (κ1) is 15.7. The Balaban J connectivity index is 3.66. The van der Waals surface area contributed by atoms with Crippen LogP contribution in [0.2, 0.25) is 0 Å². The number of hydrogen-bond donors (Lipinski definition) is 0. The summed E-state index contributed by atoms with van der Waals surface area (Å²) in [6, 6.07) is 0. The lowest BCUT2D eigenvalue weighted by Gasteiger charge is -2.17. The highest BCUT2D eigenvalue weighted by atomic mass is 16.6. The van der Waals surface area contributed by atoms with Crippen LogP contribution in [0.4, 0.5) is 0 Å². The molecule has 0 aromatic carbocycles. The van der Waals surface area contributed by atoms with E-state index in [4.69, 9.17) is 4.74 Å². The Bertz CT molecular complexity index is 280. The van der Waals surface area contributed by atoms with Crippen LogP contribution in [-0.4, -0.2) is 11.6 Å². The standard InChI is InChI=1S/C15H24O2/c1-5-6-7-8-9-10-11-12-13-14(16)17-15(2,3)4/h5,9-10,12-13H,1,6-8,11H2,2-4H3. The molecule has 0 amide bonds. The number of unbranched alkanes of at least 4 members (excludes halogenated alkanes) is 2. The molecular weight excluding hydrogens is 212 g/mol. The van der Waals surface area contributed by atoms with Gasteiger partial charge in [0, 0.05) is 6.08 Å². The van der Waals surface area contributed by atoms with E-state index in [1.807, 2.05) is 32.9 Å². The zero-order valence-corrected chi connectivity index (χ0v) is 11.2. The molecule has 0 saturated carbocycles. The second-order valence-corrected chi connectivity index (χ2v) is 4.86. The summed E-state index contributed by atoms with van der Waals surface area (Å²) in [6.45, 7) is 9.25. The maximum Gasteiger partial charge on any atom is 0.330 e. The van der Waals surface area contributed by atoms with Crippen LogP contribution in [0.3, 0.4) is 0 Å². The van der Waals surface area contributed by atoms with Crippen molar-refractivity contribution in [3.8, 4) is 0 Å². The monoisotopic (exact) mass is 236 g/mol. The van der Waals surface area contributed by atoms with Gasteiger partial charge in [0.15, 0.2) is 0 Å². The molecule has 0 aromatic rings. The van der Waals surface area contributed by atoms with Crippen LogP contribution in [0.15, 0.2) is 37.0 Å². The predicted molar refractivity (Wildman–Crippen MR) is 72.8 cm³/mol. The van der Waals surface area contributed by atoms with Gasteiger partial charge >= 0.3 is 5.97 Å². The molecule has 2 nitrogen and oxygen atoms in total. The molecule has 0 rings (SSSR count). The Kier molecular flexibility index (Phi) is 8.12. The fourth-order valence-corrected chi connectivity index (χ4v) is 1.17. The minimum Gasteiger partial charge on any atom is -0.457 e. The molecule has 2 heteroatoms. The summed E-state index contributed by atoms with van der Waals surface area (Å²) >= 11 is 0. The van der Waals surface area contributed by atoms with Gasteiger partial charge in [0.05, 0.1) is 0 Å². The zero-order valence-electron chi connectivity index (χ0n) is 11.2. The van der Waals surface area contributed by atoms with E-state index in [0.717, 1.165) is 25.7 Å². The van der Waals surface area contributed by atoms with Gasteiger partial charge in [-0.25, -0.2) is 4.79 Å². The Morgan fingerprint density at radius 3 is 2.47 bits per heavy atom. The van der Waals surface area contributed by atoms with E-state index < -0.39 is 5.60 Å². The molecule has 0 radical (unpaired) electrons. The maximum absolute atomic E-state index is 11.3. The van der Waals surface area contributed by atoms with E-state index in [0.29, 0.717) is 0 Å². The lowest BCUT2D eigenvalue weighted by molar-refractivity contribution is -0.148. The maximum atomic E-state index is 11.3. The number of carbonyl (C=O) groups is 1. The van der Waals surface area contributed by atoms with E-state index in [1.54, 1.807) is 0 Å². The van der Waals surface area contributed by atoms with Crippen LogP contribution in [0.1, 0.15) is 46.5 Å². The van der Waals surface area contributed by atoms with Crippen molar-refractivity contribution < 1.29 is 9.53 Å². The second-order valence-electron chi connectivity index (χ2n) is 4.86. The van der Waals surface area contributed by atoms with Gasteiger partial charge in [0.1, 0.15) is 5.60 Å². The second kappa shape index (κ2) is 8.80. The third-order valence-electron chi connectivity index (χ3n) is 1.88. The van der Waals surface area contributed by atoms with Gasteiger partial charge in [-0.15, -0.1) is 6.58 Å². The van der Waals surface area contributed by atoms with Crippen molar-refractivity contribution in [1.29, 1.82) is 0 Å². The van der Waals surface area contributed by atoms with Crippen molar-refractivity contribution in [2.75, 3.05) is 0 Å². The van der Waals surface area contributed by atoms with Crippen molar-refractivity contribution in [1.82, 2.24) is 0 Å². The molecule has 0 atom stereocenters. The average molecular weight is 236 g/mol. The summed E-state index contributed by atoms with van der Waals surface area (Å²) in [5.74, 6) is -0.280. The smallest absolute Gasteiger partial charge is 0.330 e. The first-order valence-corrected chi connectivity index (χ1v) is 6.11. The minimum absolute atomic E-state index is 0.280. The van der Waals surface area contributed by atoms with Gasteiger partial charge in [0.2, 0.25) is 0 Å². The van der Waals surface area contributed by atoms with Gasteiger partial charge in [-0.05, 0) is 46.5 Å². The number of esters is 1. The zero-order chi connectivity index (χ0) is 13.1. The quantitative estimate of drug-likeness (QED) is 0.287. The van der Waals surface area contributed by atoms with Crippen molar-refractivity contribution in [2.45, 2.75) is 52.1 Å². The summed E-state index contributed by atoms with van der Waals surface area (Å²) in [5.41, 5.74) is -0.415. The first-order valence-electron chi connectivity index (χ1n) is 6.11. The van der Waals surface area contributed by atoms with E-state index in [2.05, 4.69) is 18.7 Å².